The molecular weight excluding hydrogens is 1250 g/mol. The number of halogens is 1. The summed E-state index contributed by atoms with van der Waals surface area (Å²) in [6, 6.07) is 5.85. The number of amides is 8. The molecule has 0 radical (unpaired) electrons. The number of imide groups is 1. The van der Waals surface area contributed by atoms with E-state index in [4.69, 9.17) is 55.3 Å². The standard InChI is InChI=1S/C63H84ClN9O19S/c1-36-16-15-19-48(86-10)63(84)33-47(89-59(81)68-63)37(2)56-62(4,91-56)49(32-53(77)72(8)44-30-40(28-36)31-46(85-9)55(44)64)90-57(79)38(3)71(7)50(74)24-27-93-61(83)70(6)26-25-69(5)60(82)87-35-39-20-21-45(88-58(80)67-42-18-14-12-11-13-17-41(42)65)43(29-39)66-34-54(78)92-73-51(75)22-23-52(73)76/h13,15-17,19-21,29-31,37-38,41-42,47-49,56,66,84H,11-12,14,18,22-28,32-35,65H2,1-10H3,(H,67,80)(H,68,81)/b17-13+,19-15+,36-16+/t37-,38+,41+,42?,47+,48-,49+,56+,62+,63+/m1/s1. The molecule has 0 spiro atoms. The Morgan fingerprint density at radius 2 is 1.70 bits per heavy atom. The van der Waals surface area contributed by atoms with E-state index in [-0.39, 0.29) is 67.6 Å². The van der Waals surface area contributed by atoms with Crippen LogP contribution in [0.4, 0.5) is 30.6 Å². The second-order valence-corrected chi connectivity index (χ2v) is 25.2. The van der Waals surface area contributed by atoms with Gasteiger partial charge in [0.15, 0.2) is 11.5 Å². The average molecular weight is 1340 g/mol. The van der Waals surface area contributed by atoms with E-state index in [9.17, 15) is 53.1 Å². The van der Waals surface area contributed by atoms with Gasteiger partial charge in [-0.3, -0.25) is 29.3 Å². The number of carbonyl (C=O) groups is 10. The van der Waals surface area contributed by atoms with Gasteiger partial charge in [-0.2, -0.15) is 0 Å². The lowest BCUT2D eigenvalue weighted by Gasteiger charge is -2.42. The van der Waals surface area contributed by atoms with Crippen molar-refractivity contribution in [2.45, 2.75) is 152 Å². The number of nitrogens with one attached hydrogen (secondary N) is 3. The zero-order chi connectivity index (χ0) is 68.1. The van der Waals surface area contributed by atoms with E-state index in [1.807, 2.05) is 25.2 Å². The van der Waals surface area contributed by atoms with Crippen LogP contribution in [0.15, 0.2) is 66.3 Å². The van der Waals surface area contributed by atoms with Crippen LogP contribution in [0.5, 0.6) is 11.5 Å². The van der Waals surface area contributed by atoms with Gasteiger partial charge < -0.3 is 79.1 Å². The third kappa shape index (κ3) is 18.9. The molecule has 7 rings (SSSR count). The number of esters is 1. The Morgan fingerprint density at radius 3 is 2.41 bits per heavy atom. The maximum Gasteiger partial charge on any atom is 0.412 e. The van der Waals surface area contributed by atoms with Gasteiger partial charge in [-0.1, -0.05) is 78.7 Å². The van der Waals surface area contributed by atoms with Crippen molar-refractivity contribution >= 4 is 93.8 Å². The number of carbonyl (C=O) groups excluding carboxylic acids is 10. The number of likely N-dealkylation sites (N-methyl/N-ethyl adjacent to an activating group) is 3. The number of thioether (sulfide) groups is 1. The predicted molar refractivity (Wildman–Crippen MR) is 340 cm³/mol. The summed E-state index contributed by atoms with van der Waals surface area (Å²) in [7, 11) is 8.76. The predicted octanol–water partition coefficient (Wildman–Crippen LogP) is 5.89. The van der Waals surface area contributed by atoms with Gasteiger partial charge in [0.25, 0.3) is 17.1 Å². The Kier molecular flexibility index (Phi) is 25.1. The number of epoxide rings is 1. The van der Waals surface area contributed by atoms with Gasteiger partial charge in [-0.15, -0.1) is 5.06 Å². The number of hydrogen-bond donors (Lipinski definition) is 5. The molecule has 10 atom stereocenters. The molecule has 2 aromatic rings. The van der Waals surface area contributed by atoms with Crippen LogP contribution in [-0.4, -0.2) is 206 Å². The van der Waals surface area contributed by atoms with Crippen LogP contribution in [-0.2, 0) is 70.3 Å². The van der Waals surface area contributed by atoms with Gasteiger partial charge >= 0.3 is 30.2 Å². The Bertz CT molecular complexity index is 3230. The SMILES string of the molecule is COc1cc2cc(c1Cl)N(C)C(=O)C[C@H](OC(=O)[C@H](C)N(C)C(=O)CCSC(=O)N(C)CCN(C)C(=O)OCc1ccc(OC(=O)NC3CCCC/C=C/[C@@H]3N)c(NCC(=O)ON3C(=O)CCC3=O)c1)[C@]1(C)O[C@H]1[C@H](C)[C@@H]1C[C@@](O)(NC(=O)O1)[C@H](OC)/C=C/C=C(\C)C2. The van der Waals surface area contributed by atoms with E-state index in [0.29, 0.717) is 34.9 Å². The molecule has 8 amide bonds. The van der Waals surface area contributed by atoms with Gasteiger partial charge in [0.05, 0.1) is 37.1 Å². The number of rotatable bonds is 19. The van der Waals surface area contributed by atoms with Crippen molar-refractivity contribution < 1.29 is 91.0 Å². The number of fused-ring (bicyclic) bond motifs is 5. The van der Waals surface area contributed by atoms with E-state index in [0.717, 1.165) is 42.2 Å². The number of nitrogens with two attached hydrogens (primary N) is 1. The summed E-state index contributed by atoms with van der Waals surface area (Å²) in [5.41, 5.74) is 5.47. The quantitative estimate of drug-likeness (QED) is 0.0360. The number of alkyl carbamates (subject to hydrolysis) is 1. The smallest absolute Gasteiger partial charge is 0.412 e. The summed E-state index contributed by atoms with van der Waals surface area (Å²) in [6.45, 7) is 5.99. The molecule has 3 fully saturated rings. The van der Waals surface area contributed by atoms with Gasteiger partial charge in [0.2, 0.25) is 11.8 Å². The summed E-state index contributed by atoms with van der Waals surface area (Å²) in [4.78, 5) is 142. The summed E-state index contributed by atoms with van der Waals surface area (Å²) >= 11 is 7.68. The molecule has 0 aromatic heterocycles. The lowest BCUT2D eigenvalue weighted by Crippen LogP contribution is -2.63. The monoisotopic (exact) mass is 1340 g/mol. The van der Waals surface area contributed by atoms with Gasteiger partial charge in [-0.05, 0) is 81.8 Å². The third-order valence-corrected chi connectivity index (χ3v) is 18.3. The molecule has 6 N–H and O–H groups in total. The van der Waals surface area contributed by atoms with Crippen LogP contribution in [0.3, 0.4) is 0 Å². The van der Waals surface area contributed by atoms with Crippen LogP contribution >= 0.6 is 23.4 Å². The molecule has 5 aliphatic rings. The molecule has 4 heterocycles. The number of allylic oxidation sites excluding steroid dienone is 4. The summed E-state index contributed by atoms with van der Waals surface area (Å²) in [5.74, 6) is -4.55. The Morgan fingerprint density at radius 1 is 0.978 bits per heavy atom. The fourth-order valence-electron chi connectivity index (χ4n) is 11.0. The Hall–Kier alpha value is -7.96. The highest BCUT2D eigenvalue weighted by molar-refractivity contribution is 8.13. The van der Waals surface area contributed by atoms with Gasteiger partial charge in [0.1, 0.15) is 53.9 Å². The Labute approximate surface area is 548 Å². The molecule has 0 saturated carbocycles. The maximum atomic E-state index is 14.4. The lowest BCUT2D eigenvalue weighted by atomic mass is 9.83. The molecule has 508 valence electrons. The highest BCUT2D eigenvalue weighted by Crippen LogP contribution is 2.49. The molecule has 93 heavy (non-hydrogen) atoms. The van der Waals surface area contributed by atoms with Crippen molar-refractivity contribution in [1.29, 1.82) is 0 Å². The van der Waals surface area contributed by atoms with Crippen molar-refractivity contribution in [3.63, 3.8) is 0 Å². The molecule has 2 aromatic carbocycles. The minimum Gasteiger partial charge on any atom is -0.495 e. The first-order chi connectivity index (χ1) is 44.0. The summed E-state index contributed by atoms with van der Waals surface area (Å²) < 4.78 is 40.7. The molecule has 30 heteroatoms. The highest BCUT2D eigenvalue weighted by Gasteiger charge is 2.64. The number of benzene rings is 2. The lowest BCUT2D eigenvalue weighted by molar-refractivity contribution is -0.196. The van der Waals surface area contributed by atoms with Crippen molar-refractivity contribution in [3.05, 3.63) is 82.4 Å². The molecular formula is C63H84ClN9O19S. The van der Waals surface area contributed by atoms with Crippen LogP contribution in [0.1, 0.15) is 96.6 Å². The van der Waals surface area contributed by atoms with Crippen LogP contribution < -0.4 is 36.1 Å². The number of hydroxylamine groups is 2. The number of hydrogen-bond acceptors (Lipinski definition) is 22. The van der Waals surface area contributed by atoms with E-state index in [2.05, 4.69) is 16.0 Å². The van der Waals surface area contributed by atoms with E-state index in [1.54, 1.807) is 38.1 Å². The average Bonchev–Trinajstić information content (AvgIpc) is 1.57. The van der Waals surface area contributed by atoms with Crippen molar-refractivity contribution in [3.8, 4) is 11.5 Å². The highest BCUT2D eigenvalue weighted by atomic mass is 35.5. The van der Waals surface area contributed by atoms with E-state index in [1.165, 1.54) is 87.1 Å². The molecule has 4 aliphatic heterocycles. The number of ether oxygens (including phenoxy) is 7. The molecule has 1 aliphatic carbocycles. The zero-order valence-corrected chi connectivity index (χ0v) is 55.5. The fraction of sp³-hybridized carbons (Fsp3) is 0.556. The largest absolute Gasteiger partial charge is 0.495 e. The van der Waals surface area contributed by atoms with Gasteiger partial charge in [0, 0.05) is 91.8 Å². The summed E-state index contributed by atoms with van der Waals surface area (Å²) in [5, 5.41) is 20.1. The second-order valence-electron chi connectivity index (χ2n) is 23.8. The van der Waals surface area contributed by atoms with E-state index < -0.39 is 132 Å². The van der Waals surface area contributed by atoms with Crippen molar-refractivity contribution in [1.82, 2.24) is 30.4 Å². The molecule has 3 saturated heterocycles. The molecule has 28 nitrogen and oxygen atoms in total. The number of nitrogens with zero attached hydrogens (tertiary/aromatic N) is 5. The summed E-state index contributed by atoms with van der Waals surface area (Å²) in [6.07, 6.45) is 5.19. The number of anilines is 2. The topological polar surface area (TPSA) is 346 Å². The number of methoxy groups -OCH3 is 2. The first kappa shape index (κ1) is 72.5. The van der Waals surface area contributed by atoms with Crippen LogP contribution in [0, 0.1) is 5.92 Å². The first-order valence-corrected chi connectivity index (χ1v) is 31.9. The normalized spacial score (nSPS) is 26.4. The maximum absolute atomic E-state index is 14.4. The van der Waals surface area contributed by atoms with Crippen LogP contribution in [0.25, 0.3) is 0 Å². The zero-order valence-electron chi connectivity index (χ0n) is 53.9. The molecule has 4 bridgehead atoms. The Balaban J connectivity index is 0.927. The van der Waals surface area contributed by atoms with E-state index >= 15 is 0 Å². The minimum atomic E-state index is -1.91. The number of aliphatic hydroxyl groups is 1. The van der Waals surface area contributed by atoms with Crippen LogP contribution in [0.2, 0.25) is 5.02 Å². The van der Waals surface area contributed by atoms with Crippen molar-refractivity contribution in [2.75, 3.05) is 78.0 Å². The van der Waals surface area contributed by atoms with Gasteiger partial charge in [-0.25, -0.2) is 24.0 Å². The third-order valence-electron chi connectivity index (χ3n) is 17.0. The fourth-order valence-corrected chi connectivity index (χ4v) is 12.1. The minimum absolute atomic E-state index is 0.0136. The second kappa shape index (κ2) is 32.3. The van der Waals surface area contributed by atoms with Crippen molar-refractivity contribution in [2.24, 2.45) is 11.7 Å². The first-order valence-electron chi connectivity index (χ1n) is 30.5. The molecule has 1 unspecified atom stereocenters.